The zero-order valence-electron chi connectivity index (χ0n) is 10.8. The van der Waals surface area contributed by atoms with Crippen LogP contribution in [0.1, 0.15) is 32.1 Å². The van der Waals surface area contributed by atoms with E-state index in [0.717, 1.165) is 25.5 Å². The Morgan fingerprint density at radius 2 is 2.22 bits per heavy atom. The van der Waals surface area contributed by atoms with Crippen molar-refractivity contribution in [3.05, 3.63) is 24.2 Å². The van der Waals surface area contributed by atoms with Crippen molar-refractivity contribution < 1.29 is 9.52 Å². The average molecular weight is 367 g/mol. The minimum absolute atomic E-state index is 0. The predicted octanol–water partition coefficient (Wildman–Crippen LogP) is 1.90. The Hall–Kier alpha value is -0.760. The number of hydrogen-bond acceptors (Lipinski definition) is 3. The number of furan rings is 1. The molecule has 3 N–H and O–H groups in total. The van der Waals surface area contributed by atoms with Crippen molar-refractivity contribution in [2.75, 3.05) is 19.6 Å². The van der Waals surface area contributed by atoms with Gasteiger partial charge in [0.25, 0.3) is 0 Å². The Balaban J connectivity index is 0.00000289. The van der Waals surface area contributed by atoms with Crippen molar-refractivity contribution in [2.45, 2.75) is 26.4 Å². The highest BCUT2D eigenvalue weighted by atomic mass is 127. The number of nitrogens with one attached hydrogen (secondary N) is 2. The van der Waals surface area contributed by atoms with E-state index in [1.165, 1.54) is 0 Å². The van der Waals surface area contributed by atoms with Crippen molar-refractivity contribution >= 4 is 29.9 Å². The average Bonchev–Trinajstić information content (AvgIpc) is 2.86. The topological polar surface area (TPSA) is 69.8 Å². The first-order valence-electron chi connectivity index (χ1n) is 6.01. The van der Waals surface area contributed by atoms with Crippen LogP contribution in [0.3, 0.4) is 0 Å². The highest BCUT2D eigenvalue weighted by molar-refractivity contribution is 14.0. The second kappa shape index (κ2) is 10.2. The summed E-state index contributed by atoms with van der Waals surface area (Å²) in [6, 6.07) is 3.50. The quantitative estimate of drug-likeness (QED) is 0.408. The Labute approximate surface area is 125 Å². The number of aliphatic hydroxyl groups is 1. The molecule has 0 fully saturated rings. The van der Waals surface area contributed by atoms with Gasteiger partial charge in [0.05, 0.1) is 12.8 Å². The minimum atomic E-state index is -0.693. The lowest BCUT2D eigenvalue weighted by atomic mass is 10.3. The summed E-state index contributed by atoms with van der Waals surface area (Å²) in [6.45, 7) is 6.04. The molecule has 6 heteroatoms. The van der Waals surface area contributed by atoms with Gasteiger partial charge in [0.1, 0.15) is 11.9 Å². The van der Waals surface area contributed by atoms with E-state index in [1.807, 2.05) is 6.92 Å². The molecule has 1 rings (SSSR count). The van der Waals surface area contributed by atoms with E-state index < -0.39 is 6.10 Å². The van der Waals surface area contributed by atoms with Gasteiger partial charge in [-0.25, -0.2) is 0 Å². The molecule has 5 nitrogen and oxygen atoms in total. The van der Waals surface area contributed by atoms with Gasteiger partial charge in [0, 0.05) is 13.1 Å². The van der Waals surface area contributed by atoms with Crippen LogP contribution in [-0.4, -0.2) is 30.7 Å². The van der Waals surface area contributed by atoms with E-state index in [2.05, 4.69) is 22.5 Å². The molecule has 0 spiro atoms. The zero-order valence-corrected chi connectivity index (χ0v) is 13.2. The summed E-state index contributed by atoms with van der Waals surface area (Å²) in [5.41, 5.74) is 0. The summed E-state index contributed by atoms with van der Waals surface area (Å²) in [5, 5.41) is 16.1. The van der Waals surface area contributed by atoms with E-state index in [0.29, 0.717) is 5.76 Å². The van der Waals surface area contributed by atoms with Gasteiger partial charge in [-0.2, -0.15) is 0 Å². The third kappa shape index (κ3) is 6.25. The van der Waals surface area contributed by atoms with Crippen LogP contribution in [0.5, 0.6) is 0 Å². The third-order valence-electron chi connectivity index (χ3n) is 2.18. The molecule has 0 aliphatic rings. The molecule has 18 heavy (non-hydrogen) atoms. The summed E-state index contributed by atoms with van der Waals surface area (Å²) in [6.07, 6.45) is 1.88. The third-order valence-corrected chi connectivity index (χ3v) is 2.18. The summed E-state index contributed by atoms with van der Waals surface area (Å²) < 4.78 is 5.11. The van der Waals surface area contributed by atoms with Gasteiger partial charge in [-0.05, 0) is 25.5 Å². The molecule has 0 aliphatic heterocycles. The molecule has 1 atom stereocenters. The molecule has 0 saturated heterocycles. The molecular formula is C12H22IN3O2. The Kier molecular flexibility index (Phi) is 9.76. The molecule has 1 unspecified atom stereocenters. The Morgan fingerprint density at radius 3 is 2.78 bits per heavy atom. The number of halogens is 1. The van der Waals surface area contributed by atoms with Gasteiger partial charge in [-0.3, -0.25) is 4.99 Å². The minimum Gasteiger partial charge on any atom is -0.467 e. The van der Waals surface area contributed by atoms with Crippen molar-refractivity contribution in [3.8, 4) is 0 Å². The van der Waals surface area contributed by atoms with Crippen LogP contribution in [0.25, 0.3) is 0 Å². The molecule has 104 valence electrons. The van der Waals surface area contributed by atoms with Gasteiger partial charge in [-0.1, -0.05) is 6.92 Å². The van der Waals surface area contributed by atoms with E-state index in [4.69, 9.17) is 4.42 Å². The molecule has 1 aromatic heterocycles. The maximum absolute atomic E-state index is 9.80. The smallest absolute Gasteiger partial charge is 0.191 e. The van der Waals surface area contributed by atoms with Crippen LogP contribution in [0.2, 0.25) is 0 Å². The van der Waals surface area contributed by atoms with Crippen LogP contribution in [-0.2, 0) is 0 Å². The highest BCUT2D eigenvalue weighted by Gasteiger charge is 2.09. The molecule has 0 amide bonds. The lowest BCUT2D eigenvalue weighted by Gasteiger charge is -2.11. The first-order valence-corrected chi connectivity index (χ1v) is 6.01. The SMILES string of the molecule is CCCNC(=NCC(O)c1ccco1)NCC.I. The normalized spacial score (nSPS) is 12.7. The van der Waals surface area contributed by atoms with Crippen molar-refractivity contribution in [2.24, 2.45) is 4.99 Å². The maximum Gasteiger partial charge on any atom is 0.191 e. The van der Waals surface area contributed by atoms with Gasteiger partial charge < -0.3 is 20.2 Å². The first kappa shape index (κ1) is 17.2. The molecule has 0 aliphatic carbocycles. The molecule has 0 saturated carbocycles. The fraction of sp³-hybridized carbons (Fsp3) is 0.583. The van der Waals surface area contributed by atoms with Crippen LogP contribution < -0.4 is 10.6 Å². The first-order chi connectivity index (χ1) is 8.27. The molecule has 1 heterocycles. The van der Waals surface area contributed by atoms with Gasteiger partial charge in [0.2, 0.25) is 0 Å². The summed E-state index contributed by atoms with van der Waals surface area (Å²) in [4.78, 5) is 4.29. The summed E-state index contributed by atoms with van der Waals surface area (Å²) >= 11 is 0. The second-order valence-electron chi connectivity index (χ2n) is 3.68. The fourth-order valence-electron chi connectivity index (χ4n) is 1.33. The largest absolute Gasteiger partial charge is 0.467 e. The number of aliphatic imine (C=N–C) groups is 1. The van der Waals surface area contributed by atoms with Crippen LogP contribution in [0, 0.1) is 0 Å². The molecule has 0 radical (unpaired) electrons. The molecule has 1 aromatic rings. The molecular weight excluding hydrogens is 345 g/mol. The predicted molar refractivity (Wildman–Crippen MR) is 83.4 cm³/mol. The number of hydrogen-bond donors (Lipinski definition) is 3. The maximum atomic E-state index is 9.80. The number of aliphatic hydroxyl groups excluding tert-OH is 1. The number of rotatable bonds is 6. The van der Waals surface area contributed by atoms with Crippen LogP contribution in [0.15, 0.2) is 27.8 Å². The van der Waals surface area contributed by atoms with E-state index in [-0.39, 0.29) is 30.5 Å². The zero-order chi connectivity index (χ0) is 12.5. The summed E-state index contributed by atoms with van der Waals surface area (Å²) in [7, 11) is 0. The van der Waals surface area contributed by atoms with Crippen molar-refractivity contribution in [1.29, 1.82) is 0 Å². The van der Waals surface area contributed by atoms with Gasteiger partial charge in [-0.15, -0.1) is 24.0 Å². The summed E-state index contributed by atoms with van der Waals surface area (Å²) in [5.74, 6) is 1.26. The van der Waals surface area contributed by atoms with Crippen molar-refractivity contribution in [3.63, 3.8) is 0 Å². The Bertz CT molecular complexity index is 328. The second-order valence-corrected chi connectivity index (χ2v) is 3.68. The molecule has 0 bridgehead atoms. The van der Waals surface area contributed by atoms with Gasteiger partial charge in [0.15, 0.2) is 5.96 Å². The van der Waals surface area contributed by atoms with Crippen molar-refractivity contribution in [1.82, 2.24) is 10.6 Å². The Morgan fingerprint density at radius 1 is 1.44 bits per heavy atom. The number of guanidine groups is 1. The fourth-order valence-corrected chi connectivity index (χ4v) is 1.33. The van der Waals surface area contributed by atoms with E-state index >= 15 is 0 Å². The van der Waals surface area contributed by atoms with Crippen LogP contribution >= 0.6 is 24.0 Å². The standard InChI is InChI=1S/C12H21N3O2.HI/c1-3-7-14-12(13-4-2)15-9-10(16)11-6-5-8-17-11;/h5-6,8,10,16H,3-4,7,9H2,1-2H3,(H2,13,14,15);1H. The van der Waals surface area contributed by atoms with Gasteiger partial charge >= 0.3 is 0 Å². The van der Waals surface area contributed by atoms with Crippen LogP contribution in [0.4, 0.5) is 0 Å². The lowest BCUT2D eigenvalue weighted by molar-refractivity contribution is 0.158. The monoisotopic (exact) mass is 367 g/mol. The molecule has 0 aromatic carbocycles. The number of nitrogens with zero attached hydrogens (tertiary/aromatic N) is 1. The van der Waals surface area contributed by atoms with E-state index in [1.54, 1.807) is 18.4 Å². The van der Waals surface area contributed by atoms with E-state index in [9.17, 15) is 5.11 Å². The lowest BCUT2D eigenvalue weighted by Crippen LogP contribution is -2.37. The highest BCUT2D eigenvalue weighted by Crippen LogP contribution is 2.12.